The molecule has 1 unspecified atom stereocenters. The van der Waals surface area contributed by atoms with Gasteiger partial charge in [-0.3, -0.25) is 10.2 Å². The van der Waals surface area contributed by atoms with Crippen molar-refractivity contribution in [2.24, 2.45) is 5.73 Å². The third-order valence-electron chi connectivity index (χ3n) is 3.49. The molecule has 0 bridgehead atoms. The maximum atomic E-state index is 12.5. The second-order valence-corrected chi connectivity index (χ2v) is 5.51. The van der Waals surface area contributed by atoms with Crippen molar-refractivity contribution in [2.45, 2.75) is 12.6 Å². The first-order valence-electron chi connectivity index (χ1n) is 7.15. The number of carbonyl (C=O) groups excluding carboxylic acids is 1. The van der Waals surface area contributed by atoms with Crippen LogP contribution in [0.15, 0.2) is 54.6 Å². The Bertz CT molecular complexity index is 673. The molecule has 2 aromatic rings. The third kappa shape index (κ3) is 4.31. The van der Waals surface area contributed by atoms with E-state index < -0.39 is 6.04 Å². The van der Waals surface area contributed by atoms with E-state index in [2.05, 4.69) is 5.32 Å². The summed E-state index contributed by atoms with van der Waals surface area (Å²) in [4.78, 5) is 12.5. The van der Waals surface area contributed by atoms with Crippen LogP contribution in [0.1, 0.15) is 22.7 Å². The molecule has 23 heavy (non-hydrogen) atoms. The molecule has 0 fully saturated rings. The van der Waals surface area contributed by atoms with Gasteiger partial charge in [0.05, 0.1) is 6.54 Å². The van der Waals surface area contributed by atoms with Crippen molar-refractivity contribution in [3.05, 3.63) is 71.3 Å². The van der Waals surface area contributed by atoms with Crippen LogP contribution >= 0.6 is 11.8 Å². The minimum Gasteiger partial charge on any atom is -0.384 e. The number of nitrogens with two attached hydrogens (primary N) is 1. The van der Waals surface area contributed by atoms with Gasteiger partial charge in [0.25, 0.3) is 5.91 Å². The molecule has 6 heteroatoms. The van der Waals surface area contributed by atoms with Crippen molar-refractivity contribution in [3.63, 3.8) is 0 Å². The lowest BCUT2D eigenvalue weighted by Crippen LogP contribution is -2.34. The van der Waals surface area contributed by atoms with Gasteiger partial charge in [-0.25, -0.2) is 4.42 Å². The Hall–Kier alpha value is -2.37. The topological polar surface area (TPSA) is 82.2 Å². The van der Waals surface area contributed by atoms with E-state index in [1.165, 1.54) is 0 Å². The molecule has 0 heterocycles. The number of halogens is 1. The number of nitrogen functional groups attached to an aromatic ring is 1. The van der Waals surface area contributed by atoms with Crippen LogP contribution in [0.4, 0.5) is 0 Å². The first-order valence-corrected chi connectivity index (χ1v) is 7.49. The van der Waals surface area contributed by atoms with E-state index in [1.54, 1.807) is 31.3 Å². The molecule has 0 spiro atoms. The molecule has 5 nitrogen and oxygen atoms in total. The van der Waals surface area contributed by atoms with E-state index in [4.69, 9.17) is 22.9 Å². The molecule has 2 aromatic carbocycles. The second kappa shape index (κ2) is 7.76. The van der Waals surface area contributed by atoms with Crippen LogP contribution in [-0.2, 0) is 11.3 Å². The average molecular weight is 331 g/mol. The van der Waals surface area contributed by atoms with Crippen LogP contribution in [-0.4, -0.2) is 23.2 Å². The molecule has 0 saturated heterocycles. The Labute approximate surface area is 140 Å². The lowest BCUT2D eigenvalue weighted by atomic mass is 10.1. The number of likely N-dealkylation sites (N-methyl/N-ethyl adjacent to an activating group) is 1. The molecule has 1 amide bonds. The smallest absolute Gasteiger partial charge is 0.258 e. The highest BCUT2D eigenvalue weighted by molar-refractivity contribution is 6.21. The normalized spacial score (nSPS) is 11.7. The summed E-state index contributed by atoms with van der Waals surface area (Å²) in [5, 5.41) is 10.4. The zero-order valence-corrected chi connectivity index (χ0v) is 13.5. The van der Waals surface area contributed by atoms with Crippen molar-refractivity contribution >= 4 is 23.5 Å². The number of hydrogen-bond acceptors (Lipinski definition) is 3. The number of benzene rings is 2. The molecule has 120 valence electrons. The number of amides is 1. The van der Waals surface area contributed by atoms with Crippen molar-refractivity contribution in [1.82, 2.24) is 9.74 Å². The predicted molar refractivity (Wildman–Crippen MR) is 92.1 cm³/mol. The third-order valence-corrected chi connectivity index (χ3v) is 3.78. The molecule has 0 saturated carbocycles. The van der Waals surface area contributed by atoms with Gasteiger partial charge >= 0.3 is 0 Å². The highest BCUT2D eigenvalue weighted by Crippen LogP contribution is 2.18. The summed E-state index contributed by atoms with van der Waals surface area (Å²) in [6.07, 6.45) is 0. The monoisotopic (exact) mass is 330 g/mol. The first kappa shape index (κ1) is 17.0. The largest absolute Gasteiger partial charge is 0.384 e. The average Bonchev–Trinajstić information content (AvgIpc) is 2.57. The van der Waals surface area contributed by atoms with Gasteiger partial charge in [0.2, 0.25) is 0 Å². The number of nitrogens with zero attached hydrogens (tertiary/aromatic N) is 1. The van der Waals surface area contributed by atoms with Gasteiger partial charge in [0.1, 0.15) is 11.9 Å². The molecular formula is C17H19ClN4O. The minimum absolute atomic E-state index is 0.00896. The van der Waals surface area contributed by atoms with Crippen LogP contribution in [0, 0.1) is 5.41 Å². The summed E-state index contributed by atoms with van der Waals surface area (Å²) in [5.41, 5.74) is 7.78. The highest BCUT2D eigenvalue weighted by atomic mass is 35.5. The number of hydrogen-bond donors (Lipinski definition) is 3. The summed E-state index contributed by atoms with van der Waals surface area (Å²) < 4.78 is 1.16. The summed E-state index contributed by atoms with van der Waals surface area (Å²) >= 11 is 6.17. The molecule has 2 rings (SSSR count). The minimum atomic E-state index is -0.495. The Morgan fingerprint density at radius 3 is 2.35 bits per heavy atom. The van der Waals surface area contributed by atoms with E-state index in [0.29, 0.717) is 5.56 Å². The van der Waals surface area contributed by atoms with Crippen molar-refractivity contribution in [1.29, 1.82) is 5.41 Å². The van der Waals surface area contributed by atoms with Crippen molar-refractivity contribution < 1.29 is 4.79 Å². The van der Waals surface area contributed by atoms with Gasteiger partial charge in [-0.2, -0.15) is 0 Å². The fourth-order valence-electron chi connectivity index (χ4n) is 2.25. The summed E-state index contributed by atoms with van der Waals surface area (Å²) in [7, 11) is 1.72. The lowest BCUT2D eigenvalue weighted by molar-refractivity contribution is -0.129. The van der Waals surface area contributed by atoms with E-state index in [9.17, 15) is 4.79 Å². The van der Waals surface area contributed by atoms with Gasteiger partial charge in [0, 0.05) is 17.3 Å². The SMILES string of the molecule is CNC(C(=O)N(Cl)Cc1ccc(C(=N)N)cc1)c1ccccc1. The quantitative estimate of drug-likeness (QED) is 0.432. The number of carbonyl (C=O) groups is 1. The second-order valence-electron chi connectivity index (χ2n) is 5.10. The van der Waals surface area contributed by atoms with Gasteiger partial charge in [-0.15, -0.1) is 0 Å². The Morgan fingerprint density at radius 2 is 1.83 bits per heavy atom. The Balaban J connectivity index is 2.08. The molecule has 0 aliphatic carbocycles. The zero-order chi connectivity index (χ0) is 16.8. The van der Waals surface area contributed by atoms with E-state index in [-0.39, 0.29) is 18.3 Å². The highest BCUT2D eigenvalue weighted by Gasteiger charge is 2.23. The standard InChI is InChI=1S/C17H19ClN4O/c1-21-15(13-5-3-2-4-6-13)17(23)22(18)11-12-7-9-14(10-8-12)16(19)20/h2-10,15,21H,11H2,1H3,(H3,19,20). The van der Waals surface area contributed by atoms with E-state index in [0.717, 1.165) is 15.5 Å². The summed E-state index contributed by atoms with van der Waals surface area (Å²) in [5.74, 6) is -0.217. The van der Waals surface area contributed by atoms with Crippen molar-refractivity contribution in [2.75, 3.05) is 7.05 Å². The first-order chi connectivity index (χ1) is 11.0. The Morgan fingerprint density at radius 1 is 1.22 bits per heavy atom. The fraction of sp³-hybridized carbons (Fsp3) is 0.176. The number of rotatable bonds is 6. The molecule has 4 N–H and O–H groups in total. The number of nitrogens with one attached hydrogen (secondary N) is 2. The van der Waals surface area contributed by atoms with Gasteiger partial charge in [0.15, 0.2) is 0 Å². The maximum Gasteiger partial charge on any atom is 0.258 e. The molecule has 1 atom stereocenters. The molecule has 0 aromatic heterocycles. The summed E-state index contributed by atoms with van der Waals surface area (Å²) in [6, 6.07) is 16.0. The number of amidine groups is 1. The van der Waals surface area contributed by atoms with Crippen LogP contribution in [0.3, 0.4) is 0 Å². The molecule has 0 aliphatic rings. The van der Waals surface area contributed by atoms with Gasteiger partial charge in [-0.05, 0) is 18.2 Å². The maximum absolute atomic E-state index is 12.5. The van der Waals surface area contributed by atoms with Crippen LogP contribution < -0.4 is 11.1 Å². The predicted octanol–water partition coefficient (Wildman–Crippen LogP) is 2.41. The molecule has 0 radical (unpaired) electrons. The van der Waals surface area contributed by atoms with E-state index >= 15 is 0 Å². The molecule has 0 aliphatic heterocycles. The van der Waals surface area contributed by atoms with Crippen LogP contribution in [0.2, 0.25) is 0 Å². The zero-order valence-electron chi connectivity index (χ0n) is 12.8. The lowest BCUT2D eigenvalue weighted by Gasteiger charge is -2.21. The van der Waals surface area contributed by atoms with Gasteiger partial charge in [-0.1, -0.05) is 54.6 Å². The summed E-state index contributed by atoms with van der Waals surface area (Å²) in [6.45, 7) is 0.267. The van der Waals surface area contributed by atoms with Gasteiger partial charge < -0.3 is 11.1 Å². The van der Waals surface area contributed by atoms with Crippen LogP contribution in [0.25, 0.3) is 0 Å². The fourth-order valence-corrected chi connectivity index (χ4v) is 2.48. The molecular weight excluding hydrogens is 312 g/mol. The van der Waals surface area contributed by atoms with E-state index in [1.807, 2.05) is 30.3 Å². The van der Waals surface area contributed by atoms with Crippen molar-refractivity contribution in [3.8, 4) is 0 Å². The Kier molecular flexibility index (Phi) is 5.73. The van der Waals surface area contributed by atoms with Crippen LogP contribution in [0.5, 0.6) is 0 Å².